The Labute approximate surface area is 145 Å². The molecule has 1 aromatic carbocycles. The molecule has 0 spiro atoms. The Morgan fingerprint density at radius 2 is 1.95 bits per heavy atom. The lowest BCUT2D eigenvalue weighted by Crippen LogP contribution is -2.39. The number of nitrogens with zero attached hydrogens (tertiary/aromatic N) is 1. The quantitative estimate of drug-likeness (QED) is 0.791. The second kappa shape index (κ2) is 11.5. The van der Waals surface area contributed by atoms with Crippen LogP contribution in [0, 0.1) is 5.92 Å². The fraction of sp³-hybridized carbons (Fsp3) is 0.533. The Balaban J connectivity index is 0. The van der Waals surface area contributed by atoms with Crippen molar-refractivity contribution in [3.63, 3.8) is 0 Å². The third kappa shape index (κ3) is 8.44. The van der Waals surface area contributed by atoms with E-state index in [9.17, 15) is 4.79 Å². The van der Waals surface area contributed by atoms with Gasteiger partial charge < -0.3 is 20.7 Å². The molecule has 0 fully saturated rings. The summed E-state index contributed by atoms with van der Waals surface area (Å²) in [6, 6.07) is 6.84. The fourth-order valence-electron chi connectivity index (χ4n) is 1.54. The minimum atomic E-state index is -0.506. The number of hydrogen-bond donors (Lipinski definition) is 2. The summed E-state index contributed by atoms with van der Waals surface area (Å²) >= 11 is 0. The zero-order valence-corrected chi connectivity index (χ0v) is 15.2. The van der Waals surface area contributed by atoms with Crippen LogP contribution in [-0.2, 0) is 4.79 Å². The van der Waals surface area contributed by atoms with Crippen molar-refractivity contribution in [2.45, 2.75) is 19.9 Å². The predicted molar refractivity (Wildman–Crippen MR) is 96.4 cm³/mol. The third-order valence-electron chi connectivity index (χ3n) is 2.93. The summed E-state index contributed by atoms with van der Waals surface area (Å²) in [5.41, 5.74) is 6.51. The minimum absolute atomic E-state index is 0. The fourth-order valence-corrected chi connectivity index (χ4v) is 1.54. The van der Waals surface area contributed by atoms with E-state index in [-0.39, 0.29) is 36.6 Å². The summed E-state index contributed by atoms with van der Waals surface area (Å²) in [4.78, 5) is 13.9. The van der Waals surface area contributed by atoms with Gasteiger partial charge in [-0.2, -0.15) is 0 Å². The number of amides is 1. The molecule has 1 rings (SSSR count). The Morgan fingerprint density at radius 1 is 1.32 bits per heavy atom. The molecule has 1 atom stereocenters. The topological polar surface area (TPSA) is 67.6 Å². The van der Waals surface area contributed by atoms with E-state index >= 15 is 0 Å². The van der Waals surface area contributed by atoms with Gasteiger partial charge in [0.15, 0.2) is 0 Å². The molecule has 1 aromatic rings. The normalized spacial score (nSPS) is 11.4. The monoisotopic (exact) mass is 351 g/mol. The van der Waals surface area contributed by atoms with Crippen LogP contribution in [-0.4, -0.2) is 44.1 Å². The summed E-state index contributed by atoms with van der Waals surface area (Å²) in [5.74, 6) is 0.669. The lowest BCUT2D eigenvalue weighted by Gasteiger charge is -2.16. The van der Waals surface area contributed by atoms with Crippen LogP contribution in [0.1, 0.15) is 13.8 Å². The molecule has 128 valence electrons. The van der Waals surface area contributed by atoms with Crippen molar-refractivity contribution in [1.29, 1.82) is 0 Å². The standard InChI is InChI=1S/C15H25N3O2.2ClH/c1-11(2)14(16)15(19)17-12-6-5-7-13(10-12)20-9-8-18(3)4;;/h5-7,10-11,14H,8-9,16H2,1-4H3,(H,17,19);2*1H. The summed E-state index contributed by atoms with van der Waals surface area (Å²) < 4.78 is 5.62. The maximum Gasteiger partial charge on any atom is 0.241 e. The van der Waals surface area contributed by atoms with Gasteiger partial charge in [-0.3, -0.25) is 4.79 Å². The molecule has 22 heavy (non-hydrogen) atoms. The average molecular weight is 352 g/mol. The van der Waals surface area contributed by atoms with Crippen LogP contribution < -0.4 is 15.8 Å². The van der Waals surface area contributed by atoms with Crippen LogP contribution in [0.25, 0.3) is 0 Å². The maximum absolute atomic E-state index is 11.9. The summed E-state index contributed by atoms with van der Waals surface area (Å²) in [6.45, 7) is 5.29. The molecule has 0 heterocycles. The van der Waals surface area contributed by atoms with Crippen molar-refractivity contribution in [2.24, 2.45) is 11.7 Å². The molecule has 0 saturated carbocycles. The zero-order chi connectivity index (χ0) is 15.1. The number of ether oxygens (including phenoxy) is 1. The van der Waals surface area contributed by atoms with E-state index in [1.807, 2.05) is 51.0 Å². The first-order valence-electron chi connectivity index (χ1n) is 6.84. The molecule has 0 bridgehead atoms. The van der Waals surface area contributed by atoms with E-state index in [1.54, 1.807) is 6.07 Å². The number of nitrogens with two attached hydrogens (primary N) is 1. The van der Waals surface area contributed by atoms with Gasteiger partial charge in [0.05, 0.1) is 6.04 Å². The number of halogens is 2. The van der Waals surface area contributed by atoms with Gasteiger partial charge in [0.2, 0.25) is 5.91 Å². The largest absolute Gasteiger partial charge is 0.492 e. The highest BCUT2D eigenvalue weighted by Crippen LogP contribution is 2.17. The Morgan fingerprint density at radius 3 is 2.50 bits per heavy atom. The lowest BCUT2D eigenvalue weighted by atomic mass is 10.0. The number of carbonyl (C=O) groups is 1. The van der Waals surface area contributed by atoms with Gasteiger partial charge in [0.25, 0.3) is 0 Å². The van der Waals surface area contributed by atoms with Crippen molar-refractivity contribution in [3.8, 4) is 5.75 Å². The molecule has 1 amide bonds. The lowest BCUT2D eigenvalue weighted by molar-refractivity contribution is -0.118. The molecular weight excluding hydrogens is 325 g/mol. The van der Waals surface area contributed by atoms with Crippen LogP contribution in [0.2, 0.25) is 0 Å². The van der Waals surface area contributed by atoms with Crippen LogP contribution in [0.15, 0.2) is 24.3 Å². The van der Waals surface area contributed by atoms with E-state index in [1.165, 1.54) is 0 Å². The molecule has 5 nitrogen and oxygen atoms in total. The highest BCUT2D eigenvalue weighted by molar-refractivity contribution is 5.94. The summed E-state index contributed by atoms with van der Waals surface area (Å²) in [6.07, 6.45) is 0. The van der Waals surface area contributed by atoms with Crippen LogP contribution in [0.4, 0.5) is 5.69 Å². The summed E-state index contributed by atoms with van der Waals surface area (Å²) in [5, 5.41) is 2.81. The first kappa shape index (κ1) is 23.3. The molecule has 0 radical (unpaired) electrons. The van der Waals surface area contributed by atoms with Crippen LogP contribution in [0.5, 0.6) is 5.75 Å². The molecule has 0 aliphatic carbocycles. The number of benzene rings is 1. The molecule has 3 N–H and O–H groups in total. The zero-order valence-electron chi connectivity index (χ0n) is 13.5. The molecule has 7 heteroatoms. The van der Waals surface area contributed by atoms with Gasteiger partial charge in [-0.25, -0.2) is 0 Å². The highest BCUT2D eigenvalue weighted by atomic mass is 35.5. The Kier molecular flexibility index (Phi) is 12.2. The molecular formula is C15H27Cl2N3O2. The first-order chi connectivity index (χ1) is 9.40. The molecule has 0 aliphatic heterocycles. The van der Waals surface area contributed by atoms with Gasteiger partial charge in [-0.15, -0.1) is 24.8 Å². The van der Waals surface area contributed by atoms with E-state index in [0.717, 1.165) is 12.3 Å². The number of carbonyl (C=O) groups excluding carboxylic acids is 1. The first-order valence-corrected chi connectivity index (χ1v) is 6.84. The molecule has 0 saturated heterocycles. The van der Waals surface area contributed by atoms with E-state index in [0.29, 0.717) is 12.3 Å². The van der Waals surface area contributed by atoms with Crippen molar-refractivity contribution in [3.05, 3.63) is 24.3 Å². The van der Waals surface area contributed by atoms with Crippen LogP contribution >= 0.6 is 24.8 Å². The van der Waals surface area contributed by atoms with E-state index < -0.39 is 6.04 Å². The van der Waals surface area contributed by atoms with Crippen molar-refractivity contribution in [2.75, 3.05) is 32.6 Å². The predicted octanol–water partition coefficient (Wildman–Crippen LogP) is 2.39. The molecule has 0 aliphatic rings. The van der Waals surface area contributed by atoms with Crippen LogP contribution in [0.3, 0.4) is 0 Å². The second-order valence-electron chi connectivity index (χ2n) is 5.44. The second-order valence-corrected chi connectivity index (χ2v) is 5.44. The highest BCUT2D eigenvalue weighted by Gasteiger charge is 2.17. The van der Waals surface area contributed by atoms with Crippen molar-refractivity contribution >= 4 is 36.4 Å². The number of rotatable bonds is 7. The SMILES string of the molecule is CC(C)C(N)C(=O)Nc1cccc(OCCN(C)C)c1.Cl.Cl. The van der Waals surface area contributed by atoms with Crippen molar-refractivity contribution < 1.29 is 9.53 Å². The van der Waals surface area contributed by atoms with Gasteiger partial charge in [0.1, 0.15) is 12.4 Å². The molecule has 1 unspecified atom stereocenters. The number of nitrogens with one attached hydrogen (secondary N) is 1. The Hall–Kier alpha value is -1.01. The van der Waals surface area contributed by atoms with Gasteiger partial charge in [-0.1, -0.05) is 19.9 Å². The number of hydrogen-bond acceptors (Lipinski definition) is 4. The Bertz CT molecular complexity index is 443. The van der Waals surface area contributed by atoms with Gasteiger partial charge in [0, 0.05) is 18.3 Å². The maximum atomic E-state index is 11.9. The van der Waals surface area contributed by atoms with Gasteiger partial charge in [-0.05, 0) is 32.1 Å². The smallest absolute Gasteiger partial charge is 0.241 e. The van der Waals surface area contributed by atoms with Crippen molar-refractivity contribution in [1.82, 2.24) is 4.90 Å². The van der Waals surface area contributed by atoms with E-state index in [2.05, 4.69) is 5.32 Å². The molecule has 0 aromatic heterocycles. The summed E-state index contributed by atoms with van der Waals surface area (Å²) in [7, 11) is 3.99. The minimum Gasteiger partial charge on any atom is -0.492 e. The van der Waals surface area contributed by atoms with E-state index in [4.69, 9.17) is 10.5 Å². The number of likely N-dealkylation sites (N-methyl/N-ethyl adjacent to an activating group) is 1. The van der Waals surface area contributed by atoms with Gasteiger partial charge >= 0.3 is 0 Å². The average Bonchev–Trinajstić information content (AvgIpc) is 2.37. The third-order valence-corrected chi connectivity index (χ3v) is 2.93. The number of anilines is 1.